The number of amides is 2. The van der Waals surface area contributed by atoms with Crippen molar-refractivity contribution in [2.75, 3.05) is 38.1 Å². The molecule has 6 heteroatoms. The second-order valence-electron chi connectivity index (χ2n) is 6.74. The zero-order valence-electron chi connectivity index (χ0n) is 15.5. The molecule has 2 heterocycles. The number of pyridine rings is 1. The Bertz CT molecular complexity index is 713. The van der Waals surface area contributed by atoms with Gasteiger partial charge in [-0.1, -0.05) is 36.4 Å². The average molecular weight is 353 g/mol. The Kier molecular flexibility index (Phi) is 6.07. The van der Waals surface area contributed by atoms with Crippen molar-refractivity contribution in [3.8, 4) is 0 Å². The van der Waals surface area contributed by atoms with Gasteiger partial charge in [0.15, 0.2) is 0 Å². The number of carbonyl (C=O) groups excluding carboxylic acids is 1. The number of benzene rings is 1. The van der Waals surface area contributed by atoms with E-state index in [9.17, 15) is 4.79 Å². The number of hydrogen-bond acceptors (Lipinski definition) is 4. The first kappa shape index (κ1) is 18.2. The first-order valence-corrected chi connectivity index (χ1v) is 9.10. The van der Waals surface area contributed by atoms with E-state index >= 15 is 0 Å². The molecule has 1 aliphatic rings. The Morgan fingerprint density at radius 1 is 1.12 bits per heavy atom. The topological polar surface area (TPSA) is 60.5 Å². The molecule has 0 spiro atoms. The van der Waals surface area contributed by atoms with Gasteiger partial charge in [0.05, 0.1) is 6.04 Å². The summed E-state index contributed by atoms with van der Waals surface area (Å²) in [4.78, 5) is 21.4. The van der Waals surface area contributed by atoms with Crippen molar-refractivity contribution in [1.29, 1.82) is 0 Å². The summed E-state index contributed by atoms with van der Waals surface area (Å²) in [5.74, 6) is 0.969. The number of likely N-dealkylation sites (N-methyl/N-ethyl adjacent to an activating group) is 1. The fourth-order valence-electron chi connectivity index (χ4n) is 3.12. The number of nitrogens with zero attached hydrogens (tertiary/aromatic N) is 3. The summed E-state index contributed by atoms with van der Waals surface area (Å²) in [5.41, 5.74) is 2.13. The number of urea groups is 1. The third-order valence-electron chi connectivity index (χ3n) is 4.76. The van der Waals surface area contributed by atoms with Gasteiger partial charge in [0.1, 0.15) is 5.82 Å². The normalized spacial score (nSPS) is 16.2. The van der Waals surface area contributed by atoms with Crippen LogP contribution in [0.1, 0.15) is 24.1 Å². The molecule has 138 valence electrons. The minimum atomic E-state index is -0.172. The van der Waals surface area contributed by atoms with E-state index in [4.69, 9.17) is 0 Å². The number of piperazine rings is 1. The molecule has 1 saturated heterocycles. The van der Waals surface area contributed by atoms with Crippen molar-refractivity contribution in [2.24, 2.45) is 0 Å². The number of hydrogen-bond donors (Lipinski definition) is 2. The molecule has 1 fully saturated rings. The van der Waals surface area contributed by atoms with Crippen LogP contribution in [-0.4, -0.2) is 49.1 Å². The molecule has 1 aromatic heterocycles. The Morgan fingerprint density at radius 3 is 2.58 bits per heavy atom. The largest absolute Gasteiger partial charge is 0.354 e. The zero-order valence-corrected chi connectivity index (χ0v) is 15.5. The lowest BCUT2D eigenvalue weighted by Crippen LogP contribution is -2.45. The van der Waals surface area contributed by atoms with E-state index in [1.165, 1.54) is 0 Å². The molecule has 0 aliphatic carbocycles. The van der Waals surface area contributed by atoms with Crippen LogP contribution in [0, 0.1) is 0 Å². The number of carbonyl (C=O) groups is 1. The van der Waals surface area contributed by atoms with Gasteiger partial charge in [-0.15, -0.1) is 0 Å². The fraction of sp³-hybridized carbons (Fsp3) is 0.400. The maximum Gasteiger partial charge on any atom is 0.315 e. The van der Waals surface area contributed by atoms with Crippen LogP contribution >= 0.6 is 0 Å². The number of nitrogens with one attached hydrogen (secondary N) is 2. The Balaban J connectivity index is 1.57. The molecule has 1 atom stereocenters. The molecular weight excluding hydrogens is 326 g/mol. The van der Waals surface area contributed by atoms with E-state index in [1.54, 1.807) is 0 Å². The van der Waals surface area contributed by atoms with Crippen molar-refractivity contribution in [1.82, 2.24) is 20.5 Å². The molecule has 6 nitrogen and oxygen atoms in total. The van der Waals surface area contributed by atoms with Crippen LogP contribution in [0.4, 0.5) is 10.6 Å². The van der Waals surface area contributed by atoms with E-state index in [0.717, 1.165) is 43.1 Å². The second kappa shape index (κ2) is 8.67. The van der Waals surface area contributed by atoms with Gasteiger partial charge in [-0.2, -0.15) is 0 Å². The summed E-state index contributed by atoms with van der Waals surface area (Å²) < 4.78 is 0. The van der Waals surface area contributed by atoms with E-state index in [-0.39, 0.29) is 12.1 Å². The van der Waals surface area contributed by atoms with Crippen LogP contribution < -0.4 is 15.5 Å². The highest BCUT2D eigenvalue weighted by atomic mass is 16.2. The monoisotopic (exact) mass is 353 g/mol. The number of aromatic nitrogens is 1. The minimum absolute atomic E-state index is 0.0396. The Labute approximate surface area is 155 Å². The Hall–Kier alpha value is -2.60. The van der Waals surface area contributed by atoms with Crippen LogP contribution in [-0.2, 0) is 6.54 Å². The molecule has 2 N–H and O–H groups in total. The lowest BCUT2D eigenvalue weighted by molar-refractivity contribution is 0.237. The van der Waals surface area contributed by atoms with Gasteiger partial charge in [0, 0.05) is 44.5 Å². The van der Waals surface area contributed by atoms with Crippen LogP contribution in [0.5, 0.6) is 0 Å². The van der Waals surface area contributed by atoms with Gasteiger partial charge in [-0.25, -0.2) is 9.78 Å². The molecule has 0 bridgehead atoms. The highest BCUT2D eigenvalue weighted by Gasteiger charge is 2.18. The fourth-order valence-corrected chi connectivity index (χ4v) is 3.12. The predicted octanol–water partition coefficient (Wildman–Crippen LogP) is 2.39. The molecule has 1 aromatic carbocycles. The van der Waals surface area contributed by atoms with E-state index in [0.29, 0.717) is 6.54 Å². The smallest absolute Gasteiger partial charge is 0.315 e. The summed E-state index contributed by atoms with van der Waals surface area (Å²) in [6.07, 6.45) is 1.81. The zero-order chi connectivity index (χ0) is 18.4. The van der Waals surface area contributed by atoms with Crippen LogP contribution in [0.3, 0.4) is 0 Å². The van der Waals surface area contributed by atoms with Crippen LogP contribution in [0.25, 0.3) is 0 Å². The van der Waals surface area contributed by atoms with Crippen molar-refractivity contribution in [2.45, 2.75) is 19.5 Å². The standard InChI is InChI=1S/C20H27N5O/c1-16(17-7-4-3-5-8-17)23-20(26)22-15-18-9-6-10-21-19(18)25-13-11-24(2)12-14-25/h3-10,16H,11-15H2,1-2H3,(H2,22,23,26)/t16-/m1/s1. The lowest BCUT2D eigenvalue weighted by atomic mass is 10.1. The van der Waals surface area contributed by atoms with Gasteiger partial charge < -0.3 is 20.4 Å². The van der Waals surface area contributed by atoms with Crippen molar-refractivity contribution < 1.29 is 4.79 Å². The van der Waals surface area contributed by atoms with Crippen molar-refractivity contribution in [3.63, 3.8) is 0 Å². The minimum Gasteiger partial charge on any atom is -0.354 e. The summed E-state index contributed by atoms with van der Waals surface area (Å²) in [6, 6.07) is 13.7. The molecule has 1 aliphatic heterocycles. The third kappa shape index (κ3) is 4.73. The number of anilines is 1. The first-order chi connectivity index (χ1) is 12.6. The van der Waals surface area contributed by atoms with Gasteiger partial charge in [-0.05, 0) is 25.6 Å². The third-order valence-corrected chi connectivity index (χ3v) is 4.76. The number of rotatable bonds is 5. The summed E-state index contributed by atoms with van der Waals surface area (Å²) in [7, 11) is 2.14. The average Bonchev–Trinajstić information content (AvgIpc) is 2.68. The summed E-state index contributed by atoms with van der Waals surface area (Å²) in [5, 5.41) is 5.94. The van der Waals surface area contributed by atoms with E-state index in [2.05, 4.69) is 32.5 Å². The van der Waals surface area contributed by atoms with Crippen molar-refractivity contribution >= 4 is 11.8 Å². The quantitative estimate of drug-likeness (QED) is 0.867. The van der Waals surface area contributed by atoms with Gasteiger partial charge >= 0.3 is 6.03 Å². The van der Waals surface area contributed by atoms with Gasteiger partial charge in [0.25, 0.3) is 0 Å². The predicted molar refractivity (Wildman–Crippen MR) is 104 cm³/mol. The molecule has 0 unspecified atom stereocenters. The van der Waals surface area contributed by atoms with Gasteiger partial charge in [-0.3, -0.25) is 0 Å². The maximum absolute atomic E-state index is 12.3. The first-order valence-electron chi connectivity index (χ1n) is 9.10. The summed E-state index contributed by atoms with van der Waals surface area (Å²) >= 11 is 0. The van der Waals surface area contributed by atoms with E-state index in [1.807, 2.05) is 55.6 Å². The molecule has 26 heavy (non-hydrogen) atoms. The summed E-state index contributed by atoms with van der Waals surface area (Å²) in [6.45, 7) is 6.41. The van der Waals surface area contributed by atoms with Crippen molar-refractivity contribution in [3.05, 3.63) is 59.8 Å². The van der Waals surface area contributed by atoms with Gasteiger partial charge in [0.2, 0.25) is 0 Å². The highest BCUT2D eigenvalue weighted by Crippen LogP contribution is 2.18. The molecule has 2 amide bonds. The van der Waals surface area contributed by atoms with Crippen LogP contribution in [0.2, 0.25) is 0 Å². The lowest BCUT2D eigenvalue weighted by Gasteiger charge is -2.34. The maximum atomic E-state index is 12.3. The molecule has 3 rings (SSSR count). The highest BCUT2D eigenvalue weighted by molar-refractivity contribution is 5.74. The van der Waals surface area contributed by atoms with Crippen LogP contribution in [0.15, 0.2) is 48.7 Å². The molecule has 0 radical (unpaired) electrons. The molecule has 0 saturated carbocycles. The SMILES string of the molecule is C[C@@H](NC(=O)NCc1cccnc1N1CCN(C)CC1)c1ccccc1. The van der Waals surface area contributed by atoms with E-state index < -0.39 is 0 Å². The molecular formula is C20H27N5O. The second-order valence-corrected chi connectivity index (χ2v) is 6.74. The molecule has 2 aromatic rings. The Morgan fingerprint density at radius 2 is 1.85 bits per heavy atom.